The number of esters is 4. The summed E-state index contributed by atoms with van der Waals surface area (Å²) in [6.07, 6.45) is -11.2. The van der Waals surface area contributed by atoms with E-state index in [0.717, 1.165) is 67.3 Å². The summed E-state index contributed by atoms with van der Waals surface area (Å²) < 4.78 is 49.4. The Morgan fingerprint density at radius 1 is 0.742 bits per heavy atom. The van der Waals surface area contributed by atoms with E-state index in [0.29, 0.717) is 0 Å². The first-order valence-electron chi connectivity index (χ1n) is 20.2. The number of fused-ring (bicyclic) bond motifs is 3. The fourth-order valence-corrected chi connectivity index (χ4v) is 7.29. The van der Waals surface area contributed by atoms with Gasteiger partial charge in [-0.2, -0.15) is 0 Å². The zero-order chi connectivity index (χ0) is 47.7. The average molecular weight is 914 g/mol. The summed E-state index contributed by atoms with van der Waals surface area (Å²) in [6, 6.07) is 23.8. The molecule has 0 bridgehead atoms. The maximum atomic E-state index is 13.7. The SMILES string of the molecule is CCC(=O)N(NC(=O)OCC1c2ccccc2-c2ccccc21)c1cc(O[C@@H]2O[C@H](C(=O)OC)[C@@H](OC(C)=O)[C@H](OC(C)=O)[C@H]2OC(C)=O)ccc1COC(=O)Oc1ccc([N+](=O)[O-])cc1. The van der Waals surface area contributed by atoms with Crippen LogP contribution in [-0.2, 0) is 63.7 Å². The van der Waals surface area contributed by atoms with Crippen LogP contribution in [0.5, 0.6) is 11.5 Å². The average Bonchev–Trinajstić information content (AvgIpc) is 3.61. The Morgan fingerprint density at radius 2 is 1.32 bits per heavy atom. The molecule has 4 aromatic carbocycles. The largest absolute Gasteiger partial charge is 0.514 e. The summed E-state index contributed by atoms with van der Waals surface area (Å²) in [5.41, 5.74) is 5.93. The number of amides is 2. The Hall–Kier alpha value is -8.07. The van der Waals surface area contributed by atoms with E-state index >= 15 is 0 Å². The van der Waals surface area contributed by atoms with Crippen LogP contribution >= 0.6 is 0 Å². The van der Waals surface area contributed by atoms with Crippen LogP contribution in [0.3, 0.4) is 0 Å². The highest BCUT2D eigenvalue weighted by molar-refractivity contribution is 5.96. The van der Waals surface area contributed by atoms with Crippen molar-refractivity contribution >= 4 is 53.4 Å². The second kappa shape index (κ2) is 21.1. The van der Waals surface area contributed by atoms with Gasteiger partial charge in [0.25, 0.3) is 5.69 Å². The van der Waals surface area contributed by atoms with Crippen LogP contribution in [0.4, 0.5) is 21.0 Å². The lowest BCUT2D eigenvalue weighted by Crippen LogP contribution is -2.64. The lowest BCUT2D eigenvalue weighted by Gasteiger charge is -2.43. The van der Waals surface area contributed by atoms with Crippen LogP contribution in [-0.4, -0.2) is 91.4 Å². The fourth-order valence-electron chi connectivity index (χ4n) is 7.29. The Labute approximate surface area is 375 Å². The molecule has 0 unspecified atom stereocenters. The minimum absolute atomic E-state index is 0.0602. The number of nitro benzene ring substituents is 1. The Balaban J connectivity index is 1.33. The molecule has 4 aromatic rings. The highest BCUT2D eigenvalue weighted by Crippen LogP contribution is 2.44. The van der Waals surface area contributed by atoms with Crippen molar-refractivity contribution in [1.82, 2.24) is 5.43 Å². The summed E-state index contributed by atoms with van der Waals surface area (Å²) >= 11 is 0. The number of non-ortho nitro benzene ring substituents is 1. The first-order chi connectivity index (χ1) is 31.6. The number of nitrogens with one attached hydrogen (secondary N) is 1. The van der Waals surface area contributed by atoms with Gasteiger partial charge < -0.3 is 42.6 Å². The van der Waals surface area contributed by atoms with Gasteiger partial charge in [-0.1, -0.05) is 55.5 Å². The molecule has 1 saturated heterocycles. The lowest BCUT2D eigenvalue weighted by molar-refractivity contribution is -0.384. The molecule has 0 spiro atoms. The Bertz CT molecular complexity index is 2470. The van der Waals surface area contributed by atoms with Crippen LogP contribution in [0.15, 0.2) is 91.0 Å². The van der Waals surface area contributed by atoms with E-state index in [4.69, 9.17) is 42.6 Å². The third kappa shape index (κ3) is 11.2. The number of ether oxygens (including phenoxy) is 9. The Kier molecular flexibility index (Phi) is 15.1. The number of nitrogens with zero attached hydrogens (tertiary/aromatic N) is 2. The zero-order valence-corrected chi connectivity index (χ0v) is 36.0. The molecule has 346 valence electrons. The van der Waals surface area contributed by atoms with Crippen LogP contribution < -0.4 is 19.9 Å². The second-order valence-electron chi connectivity index (χ2n) is 14.5. The molecule has 6 rings (SSSR count). The van der Waals surface area contributed by atoms with Gasteiger partial charge in [-0.25, -0.2) is 24.8 Å². The van der Waals surface area contributed by atoms with Crippen molar-refractivity contribution in [3.05, 3.63) is 118 Å². The monoisotopic (exact) mass is 913 g/mol. The molecule has 5 atom stereocenters. The zero-order valence-electron chi connectivity index (χ0n) is 36.0. The summed E-state index contributed by atoms with van der Waals surface area (Å²) in [7, 11) is 1.02. The van der Waals surface area contributed by atoms with Gasteiger partial charge in [-0.05, 0) is 46.5 Å². The molecular formula is C45H43N3O18. The smallest absolute Gasteiger partial charge is 0.467 e. The topological polar surface area (TPSA) is 261 Å². The van der Waals surface area contributed by atoms with E-state index in [1.165, 1.54) is 37.3 Å². The third-order valence-electron chi connectivity index (χ3n) is 10.1. The molecule has 1 aliphatic heterocycles. The lowest BCUT2D eigenvalue weighted by atomic mass is 9.97. The van der Waals surface area contributed by atoms with Crippen molar-refractivity contribution in [1.29, 1.82) is 0 Å². The summed E-state index contributed by atoms with van der Waals surface area (Å²) in [4.78, 5) is 101. The predicted octanol–water partition coefficient (Wildman–Crippen LogP) is 5.58. The molecule has 0 aromatic heterocycles. The van der Waals surface area contributed by atoms with E-state index in [1.807, 2.05) is 48.5 Å². The predicted molar refractivity (Wildman–Crippen MR) is 224 cm³/mol. The van der Waals surface area contributed by atoms with Gasteiger partial charge in [0.15, 0.2) is 18.3 Å². The number of rotatable bonds is 14. The molecule has 1 fully saturated rings. The molecule has 0 radical (unpaired) electrons. The number of nitro groups is 1. The summed E-state index contributed by atoms with van der Waals surface area (Å²) in [5, 5.41) is 11.9. The van der Waals surface area contributed by atoms with Gasteiger partial charge >= 0.3 is 36.1 Å². The number of methoxy groups -OCH3 is 1. The van der Waals surface area contributed by atoms with Gasteiger partial charge in [0.05, 0.1) is 17.7 Å². The quantitative estimate of drug-likeness (QED) is 0.0532. The number of hydrogen-bond donors (Lipinski definition) is 1. The van der Waals surface area contributed by atoms with Crippen molar-refractivity contribution < 1.29 is 81.1 Å². The van der Waals surface area contributed by atoms with Gasteiger partial charge in [-0.15, -0.1) is 0 Å². The number of hydrogen-bond acceptors (Lipinski definition) is 18. The minimum Gasteiger partial charge on any atom is -0.467 e. The van der Waals surface area contributed by atoms with Gasteiger partial charge in [-0.3, -0.25) is 29.3 Å². The van der Waals surface area contributed by atoms with E-state index in [2.05, 4.69) is 5.43 Å². The minimum atomic E-state index is -1.81. The van der Waals surface area contributed by atoms with Crippen molar-refractivity contribution in [2.75, 3.05) is 18.7 Å². The summed E-state index contributed by atoms with van der Waals surface area (Å²) in [6.45, 7) is 3.83. The third-order valence-corrected chi connectivity index (χ3v) is 10.1. The standard InChI is InChI=1S/C45H43N3O18/c1-6-37(52)47(46-44(54)59-23-35-33-13-9-7-11-31(33)32-12-8-10-14-34(32)35)36-21-30(18-15-27(36)22-60-45(55)65-29-19-16-28(17-20-29)48(56)57)64-43-41(63-26(4)51)39(62-25(3)50)38(61-24(2)49)40(66-43)42(53)58-5/h7-21,35,38-41,43H,6,22-23H2,1-5H3,(H,46,54)/t38-,39-,40-,41+,43+/m0/s1. The molecule has 21 nitrogen and oxygen atoms in total. The van der Waals surface area contributed by atoms with Crippen LogP contribution in [0.2, 0.25) is 0 Å². The van der Waals surface area contributed by atoms with E-state index in [1.54, 1.807) is 0 Å². The van der Waals surface area contributed by atoms with Crippen LogP contribution in [0.1, 0.15) is 56.7 Å². The van der Waals surface area contributed by atoms with Crippen LogP contribution in [0.25, 0.3) is 11.1 Å². The molecule has 1 aliphatic carbocycles. The molecular weight excluding hydrogens is 870 g/mol. The number of anilines is 1. The van der Waals surface area contributed by atoms with Crippen molar-refractivity contribution in [2.45, 2.75) is 77.3 Å². The molecule has 0 saturated carbocycles. The van der Waals surface area contributed by atoms with Crippen molar-refractivity contribution in [3.8, 4) is 22.6 Å². The molecule has 21 heteroatoms. The van der Waals surface area contributed by atoms with E-state index in [9.17, 15) is 43.7 Å². The van der Waals surface area contributed by atoms with Crippen molar-refractivity contribution in [2.24, 2.45) is 0 Å². The van der Waals surface area contributed by atoms with Crippen molar-refractivity contribution in [3.63, 3.8) is 0 Å². The molecule has 1 N–H and O–H groups in total. The normalized spacial score (nSPS) is 18.2. The molecule has 2 aliphatic rings. The maximum absolute atomic E-state index is 13.7. The number of carbonyl (C=O) groups excluding carboxylic acids is 7. The van der Waals surface area contributed by atoms with E-state index in [-0.39, 0.29) is 47.4 Å². The highest BCUT2D eigenvalue weighted by Gasteiger charge is 2.56. The second-order valence-corrected chi connectivity index (χ2v) is 14.5. The van der Waals surface area contributed by atoms with Gasteiger partial charge in [0.1, 0.15) is 24.7 Å². The molecule has 2 amide bonds. The van der Waals surface area contributed by atoms with E-state index < -0.39 is 84.3 Å². The highest BCUT2D eigenvalue weighted by atomic mass is 16.7. The first kappa shape index (κ1) is 47.4. The maximum Gasteiger partial charge on any atom is 0.514 e. The number of hydrazine groups is 1. The molecule has 66 heavy (non-hydrogen) atoms. The molecule has 1 heterocycles. The van der Waals surface area contributed by atoms with Gasteiger partial charge in [0.2, 0.25) is 18.3 Å². The van der Waals surface area contributed by atoms with Crippen LogP contribution in [0, 0.1) is 10.1 Å². The Morgan fingerprint density at radius 3 is 1.89 bits per heavy atom. The summed E-state index contributed by atoms with van der Waals surface area (Å²) in [5.74, 6) is -5.17. The number of carbonyl (C=O) groups is 7. The van der Waals surface area contributed by atoms with Gasteiger partial charge in [0, 0.05) is 56.9 Å². The first-order valence-corrected chi connectivity index (χ1v) is 20.2. The fraction of sp³-hybridized carbons (Fsp3) is 0.311. The number of benzene rings is 4.